The zero-order valence-corrected chi connectivity index (χ0v) is 14.5. The van der Waals surface area contributed by atoms with Gasteiger partial charge in [0.05, 0.1) is 11.8 Å². The van der Waals surface area contributed by atoms with Crippen LogP contribution in [0.3, 0.4) is 0 Å². The number of aromatic nitrogens is 1. The highest BCUT2D eigenvalue weighted by Gasteiger charge is 2.28. The highest BCUT2D eigenvalue weighted by molar-refractivity contribution is 6.15. The molecule has 2 aromatic heterocycles. The molecule has 0 bridgehead atoms. The van der Waals surface area contributed by atoms with Gasteiger partial charge in [-0.2, -0.15) is 0 Å². The second-order valence-corrected chi connectivity index (χ2v) is 6.25. The number of esters is 1. The number of para-hydroxylation sites is 1. The van der Waals surface area contributed by atoms with Crippen molar-refractivity contribution >= 4 is 28.7 Å². The Morgan fingerprint density at radius 2 is 1.96 bits per heavy atom. The van der Waals surface area contributed by atoms with Crippen molar-refractivity contribution < 1.29 is 23.5 Å². The van der Waals surface area contributed by atoms with E-state index in [-0.39, 0.29) is 23.1 Å². The summed E-state index contributed by atoms with van der Waals surface area (Å²) in [5.41, 5.74) is 2.25. The molecule has 0 aliphatic carbocycles. The van der Waals surface area contributed by atoms with Gasteiger partial charge in [0.25, 0.3) is 0 Å². The standard InChI is InChI=1S/C22H13NO5/c24-21-16-8-7-14(27-22(25)18-6-3-9-26-18)11-19(16)28-20(21)10-13-12-23-17-5-2-1-4-15(13)17/h1-12,23H. The van der Waals surface area contributed by atoms with E-state index in [0.717, 1.165) is 16.5 Å². The summed E-state index contributed by atoms with van der Waals surface area (Å²) >= 11 is 0. The van der Waals surface area contributed by atoms with Crippen LogP contribution in [-0.4, -0.2) is 16.7 Å². The number of fused-ring (bicyclic) bond motifs is 2. The summed E-state index contributed by atoms with van der Waals surface area (Å²) in [7, 11) is 0. The Morgan fingerprint density at radius 1 is 1.07 bits per heavy atom. The van der Waals surface area contributed by atoms with E-state index < -0.39 is 5.97 Å². The number of nitrogens with one attached hydrogen (secondary N) is 1. The lowest BCUT2D eigenvalue weighted by Gasteiger charge is -2.04. The Hall–Kier alpha value is -4.06. The zero-order valence-electron chi connectivity index (χ0n) is 14.5. The van der Waals surface area contributed by atoms with E-state index in [1.165, 1.54) is 18.4 Å². The van der Waals surface area contributed by atoms with Crippen molar-refractivity contribution in [3.63, 3.8) is 0 Å². The third-order valence-corrected chi connectivity index (χ3v) is 4.48. The number of carbonyl (C=O) groups excluding carboxylic acids is 2. The van der Waals surface area contributed by atoms with Crippen LogP contribution in [0.1, 0.15) is 26.5 Å². The molecular formula is C22H13NO5. The van der Waals surface area contributed by atoms with Crippen LogP contribution in [-0.2, 0) is 0 Å². The molecule has 1 N–H and O–H groups in total. The number of rotatable bonds is 3. The normalized spacial score (nSPS) is 14.3. The van der Waals surface area contributed by atoms with E-state index in [0.29, 0.717) is 11.3 Å². The van der Waals surface area contributed by atoms with E-state index >= 15 is 0 Å². The first-order valence-electron chi connectivity index (χ1n) is 8.59. The third-order valence-electron chi connectivity index (χ3n) is 4.48. The van der Waals surface area contributed by atoms with Crippen molar-refractivity contribution in [2.75, 3.05) is 0 Å². The molecule has 0 fully saturated rings. The summed E-state index contributed by atoms with van der Waals surface area (Å²) in [6, 6.07) is 15.6. The topological polar surface area (TPSA) is 81.5 Å². The summed E-state index contributed by atoms with van der Waals surface area (Å²) in [6.45, 7) is 0. The summed E-state index contributed by atoms with van der Waals surface area (Å²) in [5.74, 6) is 0.0850. The number of hydrogen-bond donors (Lipinski definition) is 1. The number of ketones is 1. The van der Waals surface area contributed by atoms with Crippen LogP contribution in [0, 0.1) is 0 Å². The summed E-state index contributed by atoms with van der Waals surface area (Å²) < 4.78 is 16.0. The Balaban J connectivity index is 1.43. The van der Waals surface area contributed by atoms with Crippen molar-refractivity contribution in [1.29, 1.82) is 0 Å². The fourth-order valence-corrected chi connectivity index (χ4v) is 3.14. The van der Waals surface area contributed by atoms with Crippen molar-refractivity contribution in [3.05, 3.63) is 89.7 Å². The molecule has 6 nitrogen and oxygen atoms in total. The fraction of sp³-hybridized carbons (Fsp3) is 0. The Labute approximate surface area is 159 Å². The molecule has 1 aliphatic rings. The molecule has 2 aromatic carbocycles. The lowest BCUT2D eigenvalue weighted by molar-refractivity contribution is 0.0701. The van der Waals surface area contributed by atoms with Crippen LogP contribution in [0.25, 0.3) is 17.0 Å². The molecule has 6 heteroatoms. The second kappa shape index (κ2) is 6.28. The van der Waals surface area contributed by atoms with E-state index in [1.54, 1.807) is 24.3 Å². The van der Waals surface area contributed by atoms with E-state index in [9.17, 15) is 9.59 Å². The predicted octanol–water partition coefficient (Wildman–Crippen LogP) is 4.60. The van der Waals surface area contributed by atoms with Gasteiger partial charge in [0.2, 0.25) is 11.5 Å². The SMILES string of the molecule is O=C(Oc1ccc2c(c1)OC(=Cc1c[nH]c3ccccc13)C2=O)c1ccco1. The van der Waals surface area contributed by atoms with E-state index in [2.05, 4.69) is 4.98 Å². The number of Topliss-reactive ketones (excluding diaryl/α,β-unsaturated/α-hetero) is 1. The van der Waals surface area contributed by atoms with Crippen molar-refractivity contribution in [3.8, 4) is 11.5 Å². The lowest BCUT2D eigenvalue weighted by atomic mass is 10.1. The molecule has 0 spiro atoms. The van der Waals surface area contributed by atoms with Crippen LogP contribution in [0.2, 0.25) is 0 Å². The van der Waals surface area contributed by atoms with Crippen molar-refractivity contribution in [2.24, 2.45) is 0 Å². The van der Waals surface area contributed by atoms with Gasteiger partial charge in [-0.15, -0.1) is 0 Å². The number of H-pyrrole nitrogens is 1. The van der Waals surface area contributed by atoms with Crippen LogP contribution in [0.4, 0.5) is 0 Å². The van der Waals surface area contributed by atoms with Gasteiger partial charge in [0.1, 0.15) is 11.5 Å². The van der Waals surface area contributed by atoms with Crippen LogP contribution >= 0.6 is 0 Å². The molecule has 136 valence electrons. The van der Waals surface area contributed by atoms with Gasteiger partial charge in [-0.1, -0.05) is 18.2 Å². The molecule has 0 unspecified atom stereocenters. The molecule has 0 atom stereocenters. The number of furan rings is 1. The largest absolute Gasteiger partial charge is 0.457 e. The maximum atomic E-state index is 12.7. The Kier molecular flexibility index (Phi) is 3.62. The molecule has 28 heavy (non-hydrogen) atoms. The fourth-order valence-electron chi connectivity index (χ4n) is 3.14. The quantitative estimate of drug-likeness (QED) is 0.323. The highest BCUT2D eigenvalue weighted by atomic mass is 16.5. The Morgan fingerprint density at radius 3 is 2.82 bits per heavy atom. The number of ether oxygens (including phenoxy) is 2. The summed E-state index contributed by atoms with van der Waals surface area (Å²) in [4.78, 5) is 27.8. The molecule has 1 aliphatic heterocycles. The number of aromatic amines is 1. The molecule has 0 amide bonds. The van der Waals surface area contributed by atoms with Gasteiger partial charge in [-0.25, -0.2) is 4.79 Å². The minimum absolute atomic E-state index is 0.0948. The van der Waals surface area contributed by atoms with Gasteiger partial charge < -0.3 is 18.9 Å². The van der Waals surface area contributed by atoms with Gasteiger partial charge >= 0.3 is 5.97 Å². The van der Waals surface area contributed by atoms with Crippen LogP contribution in [0.15, 0.2) is 77.2 Å². The maximum absolute atomic E-state index is 12.7. The number of carbonyl (C=O) groups is 2. The average Bonchev–Trinajstić information content (AvgIpc) is 3.43. The lowest BCUT2D eigenvalue weighted by Crippen LogP contribution is -2.07. The first-order chi connectivity index (χ1) is 13.7. The minimum Gasteiger partial charge on any atom is -0.457 e. The third kappa shape index (κ3) is 2.68. The van der Waals surface area contributed by atoms with Crippen molar-refractivity contribution in [2.45, 2.75) is 0 Å². The first-order valence-corrected chi connectivity index (χ1v) is 8.59. The van der Waals surface area contributed by atoms with Gasteiger partial charge in [-0.3, -0.25) is 4.79 Å². The first kappa shape index (κ1) is 16.1. The summed E-state index contributed by atoms with van der Waals surface area (Å²) in [5, 5.41) is 0.996. The van der Waals surface area contributed by atoms with Crippen molar-refractivity contribution in [1.82, 2.24) is 4.98 Å². The Bertz CT molecular complexity index is 1250. The number of allylic oxidation sites excluding steroid dienone is 1. The average molecular weight is 371 g/mol. The molecule has 0 saturated heterocycles. The highest BCUT2D eigenvalue weighted by Crippen LogP contribution is 2.35. The maximum Gasteiger partial charge on any atom is 0.379 e. The van der Waals surface area contributed by atoms with E-state index in [4.69, 9.17) is 13.9 Å². The van der Waals surface area contributed by atoms with Gasteiger partial charge in [0.15, 0.2) is 5.76 Å². The number of hydrogen-bond acceptors (Lipinski definition) is 5. The molecular weight excluding hydrogens is 358 g/mol. The van der Waals surface area contributed by atoms with Gasteiger partial charge in [0, 0.05) is 28.7 Å². The molecule has 5 rings (SSSR count). The smallest absolute Gasteiger partial charge is 0.379 e. The second-order valence-electron chi connectivity index (χ2n) is 6.25. The van der Waals surface area contributed by atoms with E-state index in [1.807, 2.05) is 30.5 Å². The predicted molar refractivity (Wildman–Crippen MR) is 101 cm³/mol. The molecule has 4 aromatic rings. The molecule has 0 saturated carbocycles. The zero-order chi connectivity index (χ0) is 19.1. The monoisotopic (exact) mass is 371 g/mol. The summed E-state index contributed by atoms with van der Waals surface area (Å²) in [6.07, 6.45) is 4.92. The van der Waals surface area contributed by atoms with Crippen LogP contribution in [0.5, 0.6) is 11.5 Å². The number of benzene rings is 2. The molecule has 3 heterocycles. The van der Waals surface area contributed by atoms with Crippen LogP contribution < -0.4 is 9.47 Å². The minimum atomic E-state index is -0.621. The van der Waals surface area contributed by atoms with Gasteiger partial charge in [-0.05, 0) is 36.4 Å². The molecule has 0 radical (unpaired) electrons.